The van der Waals surface area contributed by atoms with Gasteiger partial charge in [-0.15, -0.1) is 0 Å². The Labute approximate surface area is 162 Å². The number of nitrogens with zero attached hydrogens (tertiary/aromatic N) is 1. The number of nitrogens with one attached hydrogen (secondary N) is 1. The molecule has 1 fully saturated rings. The molecule has 2 aromatic rings. The highest BCUT2D eigenvalue weighted by atomic mass is 79.9. The van der Waals surface area contributed by atoms with Crippen LogP contribution >= 0.6 is 15.9 Å². The first-order valence-corrected chi connectivity index (χ1v) is 9.51. The average Bonchev–Trinajstić information content (AvgIpc) is 2.95. The van der Waals surface area contributed by atoms with Gasteiger partial charge in [0.25, 0.3) is 0 Å². The van der Waals surface area contributed by atoms with Gasteiger partial charge in [0.1, 0.15) is 0 Å². The van der Waals surface area contributed by atoms with Crippen molar-refractivity contribution in [1.82, 2.24) is 0 Å². The summed E-state index contributed by atoms with van der Waals surface area (Å²) >= 11 is 3.47. The maximum absolute atomic E-state index is 12.7. The van der Waals surface area contributed by atoms with Crippen LogP contribution in [-0.4, -0.2) is 18.4 Å². The summed E-state index contributed by atoms with van der Waals surface area (Å²) in [6, 6.07) is 9.92. The SMILES string of the molecule is Cc1ccc(N2C[C@@H](C(=O)Nc3c(C)cc(Br)cc3C)CC2=O)cc1C. The Morgan fingerprint density at radius 2 is 1.69 bits per heavy atom. The van der Waals surface area contributed by atoms with Crippen LogP contribution in [0.1, 0.15) is 28.7 Å². The second-order valence-electron chi connectivity index (χ2n) is 7.08. The maximum Gasteiger partial charge on any atom is 0.229 e. The molecule has 1 aliphatic rings. The zero-order chi connectivity index (χ0) is 19.0. The largest absolute Gasteiger partial charge is 0.325 e. The summed E-state index contributed by atoms with van der Waals surface area (Å²) in [5, 5.41) is 3.02. The third kappa shape index (κ3) is 3.68. The van der Waals surface area contributed by atoms with E-state index in [0.29, 0.717) is 6.54 Å². The monoisotopic (exact) mass is 414 g/mol. The molecule has 0 aliphatic carbocycles. The van der Waals surface area contributed by atoms with E-state index < -0.39 is 0 Å². The van der Waals surface area contributed by atoms with Crippen LogP contribution in [0.5, 0.6) is 0 Å². The Kier molecular flexibility index (Phi) is 5.19. The summed E-state index contributed by atoms with van der Waals surface area (Å²) in [7, 11) is 0. The molecule has 0 unspecified atom stereocenters. The normalized spacial score (nSPS) is 16.9. The predicted octanol–water partition coefficient (Wildman–Crippen LogP) is 4.67. The summed E-state index contributed by atoms with van der Waals surface area (Å²) in [5.74, 6) is -0.442. The van der Waals surface area contributed by atoms with Crippen molar-refractivity contribution in [2.45, 2.75) is 34.1 Å². The molecule has 26 heavy (non-hydrogen) atoms. The molecule has 0 spiro atoms. The highest BCUT2D eigenvalue weighted by Crippen LogP contribution is 2.29. The number of aryl methyl sites for hydroxylation is 4. The molecule has 2 amide bonds. The van der Waals surface area contributed by atoms with Crippen LogP contribution in [0.15, 0.2) is 34.8 Å². The lowest BCUT2D eigenvalue weighted by Gasteiger charge is -2.18. The summed E-state index contributed by atoms with van der Waals surface area (Å²) < 4.78 is 0.988. The van der Waals surface area contributed by atoms with E-state index in [4.69, 9.17) is 0 Å². The van der Waals surface area contributed by atoms with E-state index in [9.17, 15) is 9.59 Å². The molecule has 0 saturated carbocycles. The van der Waals surface area contributed by atoms with Crippen LogP contribution < -0.4 is 10.2 Å². The highest BCUT2D eigenvalue weighted by Gasteiger charge is 2.35. The smallest absolute Gasteiger partial charge is 0.229 e. The van der Waals surface area contributed by atoms with Crippen molar-refractivity contribution in [3.63, 3.8) is 0 Å². The van der Waals surface area contributed by atoms with Gasteiger partial charge in [-0.05, 0) is 74.2 Å². The molecule has 136 valence electrons. The second kappa shape index (κ2) is 7.23. The lowest BCUT2D eigenvalue weighted by atomic mass is 10.1. The molecule has 2 aromatic carbocycles. The molecule has 3 rings (SSSR count). The van der Waals surface area contributed by atoms with Crippen LogP contribution in [0.4, 0.5) is 11.4 Å². The number of carbonyl (C=O) groups excluding carboxylic acids is 2. The number of amides is 2. The second-order valence-corrected chi connectivity index (χ2v) is 7.99. The molecule has 0 aromatic heterocycles. The minimum atomic E-state index is -0.341. The molecule has 4 nitrogen and oxygen atoms in total. The lowest BCUT2D eigenvalue weighted by Crippen LogP contribution is -2.28. The van der Waals surface area contributed by atoms with Gasteiger partial charge in [0.2, 0.25) is 11.8 Å². The van der Waals surface area contributed by atoms with E-state index >= 15 is 0 Å². The summed E-state index contributed by atoms with van der Waals surface area (Å²) in [5.41, 5.74) is 6.03. The van der Waals surface area contributed by atoms with Gasteiger partial charge < -0.3 is 10.2 Å². The number of halogens is 1. The number of rotatable bonds is 3. The first-order chi connectivity index (χ1) is 12.3. The van der Waals surface area contributed by atoms with Crippen LogP contribution in [-0.2, 0) is 9.59 Å². The Hall–Kier alpha value is -2.14. The zero-order valence-electron chi connectivity index (χ0n) is 15.5. The van der Waals surface area contributed by atoms with E-state index in [2.05, 4.69) is 21.2 Å². The maximum atomic E-state index is 12.7. The van der Waals surface area contributed by atoms with Crippen LogP contribution in [0.2, 0.25) is 0 Å². The van der Waals surface area contributed by atoms with E-state index in [-0.39, 0.29) is 24.2 Å². The van der Waals surface area contributed by atoms with Gasteiger partial charge in [0.15, 0.2) is 0 Å². The Morgan fingerprint density at radius 3 is 2.31 bits per heavy atom. The fourth-order valence-electron chi connectivity index (χ4n) is 3.36. The van der Waals surface area contributed by atoms with Crippen molar-refractivity contribution in [1.29, 1.82) is 0 Å². The summed E-state index contributed by atoms with van der Waals surface area (Å²) in [4.78, 5) is 26.9. The van der Waals surface area contributed by atoms with Crippen molar-refractivity contribution < 1.29 is 9.59 Å². The topological polar surface area (TPSA) is 49.4 Å². The average molecular weight is 415 g/mol. The van der Waals surface area contributed by atoms with E-state index in [1.165, 1.54) is 5.56 Å². The first kappa shape index (κ1) is 18.6. The van der Waals surface area contributed by atoms with Crippen molar-refractivity contribution in [3.05, 3.63) is 57.1 Å². The highest BCUT2D eigenvalue weighted by molar-refractivity contribution is 9.10. The molecule has 5 heteroatoms. The molecular weight excluding hydrogens is 392 g/mol. The molecular formula is C21H23BrN2O2. The van der Waals surface area contributed by atoms with Gasteiger partial charge >= 0.3 is 0 Å². The molecule has 1 aliphatic heterocycles. The van der Waals surface area contributed by atoms with Crippen LogP contribution in [0.3, 0.4) is 0 Å². The van der Waals surface area contributed by atoms with Gasteiger partial charge in [-0.25, -0.2) is 0 Å². The van der Waals surface area contributed by atoms with Gasteiger partial charge in [-0.1, -0.05) is 22.0 Å². The number of anilines is 2. The van der Waals surface area contributed by atoms with Crippen molar-refractivity contribution in [2.75, 3.05) is 16.8 Å². The number of benzene rings is 2. The standard InChI is InChI=1S/C21H23BrN2O2/c1-12-5-6-18(9-13(12)2)24-11-16(10-19(24)25)21(26)23-20-14(3)7-17(22)8-15(20)4/h5-9,16H,10-11H2,1-4H3,(H,23,26)/t16-/m0/s1. The van der Waals surface area contributed by atoms with E-state index in [0.717, 1.165) is 32.5 Å². The quantitative estimate of drug-likeness (QED) is 0.792. The minimum Gasteiger partial charge on any atom is -0.325 e. The molecule has 1 heterocycles. The number of hydrogen-bond acceptors (Lipinski definition) is 2. The summed E-state index contributed by atoms with van der Waals surface area (Å²) in [6.45, 7) is 8.43. The van der Waals surface area contributed by atoms with E-state index in [1.54, 1.807) is 4.90 Å². The molecule has 1 N–H and O–H groups in total. The Morgan fingerprint density at radius 1 is 1.04 bits per heavy atom. The van der Waals surface area contributed by atoms with Crippen LogP contribution in [0.25, 0.3) is 0 Å². The van der Waals surface area contributed by atoms with Crippen molar-refractivity contribution >= 4 is 39.1 Å². The zero-order valence-corrected chi connectivity index (χ0v) is 17.1. The van der Waals surface area contributed by atoms with Gasteiger partial charge in [-0.3, -0.25) is 9.59 Å². The molecule has 0 bridgehead atoms. The fourth-order valence-corrected chi connectivity index (χ4v) is 4.05. The molecule has 1 atom stereocenters. The number of carbonyl (C=O) groups is 2. The summed E-state index contributed by atoms with van der Waals surface area (Å²) in [6.07, 6.45) is 0.243. The minimum absolute atomic E-state index is 0.00217. The fraction of sp³-hybridized carbons (Fsp3) is 0.333. The van der Waals surface area contributed by atoms with E-state index in [1.807, 2.05) is 58.0 Å². The third-order valence-electron chi connectivity index (χ3n) is 5.04. The first-order valence-electron chi connectivity index (χ1n) is 8.71. The number of hydrogen-bond donors (Lipinski definition) is 1. The predicted molar refractivity (Wildman–Crippen MR) is 109 cm³/mol. The Bertz CT molecular complexity index is 869. The van der Waals surface area contributed by atoms with Crippen LogP contribution in [0, 0.1) is 33.6 Å². The Balaban J connectivity index is 1.76. The van der Waals surface area contributed by atoms with Gasteiger partial charge in [0.05, 0.1) is 5.92 Å². The third-order valence-corrected chi connectivity index (χ3v) is 5.50. The van der Waals surface area contributed by atoms with Gasteiger partial charge in [0, 0.05) is 28.8 Å². The molecule has 0 radical (unpaired) electrons. The lowest BCUT2D eigenvalue weighted by molar-refractivity contribution is -0.122. The van der Waals surface area contributed by atoms with Crippen molar-refractivity contribution in [3.8, 4) is 0 Å². The van der Waals surface area contributed by atoms with Gasteiger partial charge in [-0.2, -0.15) is 0 Å². The molecule has 1 saturated heterocycles. The van der Waals surface area contributed by atoms with Crippen molar-refractivity contribution in [2.24, 2.45) is 5.92 Å².